The Morgan fingerprint density at radius 2 is 2.36 bits per heavy atom. The topological polar surface area (TPSA) is 90.5 Å². The maximum absolute atomic E-state index is 12.2. The van der Waals surface area contributed by atoms with Gasteiger partial charge in [0.05, 0.1) is 18.0 Å². The second-order valence-electron chi connectivity index (χ2n) is 6.12. The molecule has 3 rings (SSSR count). The average Bonchev–Trinajstić information content (AvgIpc) is 3.04. The summed E-state index contributed by atoms with van der Waals surface area (Å²) in [6, 6.07) is -0.0420. The summed E-state index contributed by atoms with van der Waals surface area (Å²) in [5, 5.41) is 13.1. The highest BCUT2D eigenvalue weighted by Gasteiger charge is 2.44. The Morgan fingerprint density at radius 1 is 1.55 bits per heavy atom. The van der Waals surface area contributed by atoms with E-state index in [0.717, 1.165) is 25.0 Å². The highest BCUT2D eigenvalue weighted by Crippen LogP contribution is 2.35. The third-order valence-corrected chi connectivity index (χ3v) is 4.74. The van der Waals surface area contributed by atoms with Crippen LogP contribution in [0.15, 0.2) is 12.5 Å². The first-order valence-electron chi connectivity index (χ1n) is 8.02. The van der Waals surface area contributed by atoms with Crippen LogP contribution in [0.3, 0.4) is 0 Å². The number of likely N-dealkylation sites (tertiary alicyclic amines) is 1. The number of carbonyl (C=O) groups is 1. The molecule has 7 heteroatoms. The number of rotatable bonds is 3. The van der Waals surface area contributed by atoms with E-state index in [1.165, 1.54) is 0 Å². The van der Waals surface area contributed by atoms with Gasteiger partial charge in [-0.2, -0.15) is 0 Å². The minimum Gasteiger partial charge on any atom is -0.390 e. The number of nitrogens with one attached hydrogen (secondary N) is 2. The summed E-state index contributed by atoms with van der Waals surface area (Å²) in [6.07, 6.45) is 6.88. The van der Waals surface area contributed by atoms with Gasteiger partial charge >= 0.3 is 6.03 Å². The van der Waals surface area contributed by atoms with Crippen LogP contribution in [0.4, 0.5) is 4.79 Å². The summed E-state index contributed by atoms with van der Waals surface area (Å²) >= 11 is 0. The highest BCUT2D eigenvalue weighted by molar-refractivity contribution is 5.74. The second-order valence-corrected chi connectivity index (χ2v) is 6.12. The van der Waals surface area contributed by atoms with E-state index in [-0.39, 0.29) is 6.03 Å². The molecule has 22 heavy (non-hydrogen) atoms. The molecule has 0 saturated carbocycles. The van der Waals surface area contributed by atoms with Gasteiger partial charge in [-0.25, -0.2) is 9.78 Å². The van der Waals surface area contributed by atoms with Crippen molar-refractivity contribution in [1.82, 2.24) is 20.2 Å². The van der Waals surface area contributed by atoms with Crippen LogP contribution in [0.25, 0.3) is 0 Å². The molecule has 7 nitrogen and oxygen atoms in total. The van der Waals surface area contributed by atoms with Crippen molar-refractivity contribution in [1.29, 1.82) is 0 Å². The predicted molar refractivity (Wildman–Crippen MR) is 80.4 cm³/mol. The number of amides is 2. The first-order chi connectivity index (χ1) is 10.7. The van der Waals surface area contributed by atoms with Crippen molar-refractivity contribution in [2.75, 3.05) is 26.2 Å². The van der Waals surface area contributed by atoms with Gasteiger partial charge in [0, 0.05) is 44.6 Å². The van der Waals surface area contributed by atoms with Crippen molar-refractivity contribution in [3.8, 4) is 0 Å². The zero-order valence-electron chi connectivity index (χ0n) is 12.8. The fourth-order valence-corrected chi connectivity index (χ4v) is 3.31. The summed E-state index contributed by atoms with van der Waals surface area (Å²) in [5.74, 6) is 0. The van der Waals surface area contributed by atoms with Crippen molar-refractivity contribution in [2.45, 2.75) is 43.8 Å². The number of aliphatic hydroxyl groups excluding tert-OH is 1. The van der Waals surface area contributed by atoms with Crippen molar-refractivity contribution in [3.05, 3.63) is 18.2 Å². The molecule has 3 heterocycles. The molecule has 2 amide bonds. The molecule has 2 saturated heterocycles. The Labute approximate surface area is 130 Å². The Balaban J connectivity index is 1.43. The lowest BCUT2D eigenvalue weighted by Gasteiger charge is -2.46. The Kier molecular flexibility index (Phi) is 4.63. The molecule has 0 aliphatic carbocycles. The van der Waals surface area contributed by atoms with E-state index in [9.17, 15) is 9.90 Å². The summed E-state index contributed by atoms with van der Waals surface area (Å²) in [4.78, 5) is 20.9. The predicted octanol–water partition coefficient (Wildman–Crippen LogP) is 0.668. The Morgan fingerprint density at radius 3 is 3.05 bits per heavy atom. The van der Waals surface area contributed by atoms with Gasteiger partial charge in [-0.05, 0) is 25.7 Å². The first kappa shape index (κ1) is 15.3. The molecule has 3 N–H and O–H groups in total. The smallest absolute Gasteiger partial charge is 0.317 e. The molecular weight excluding hydrogens is 284 g/mol. The van der Waals surface area contributed by atoms with E-state index in [2.05, 4.69) is 15.3 Å². The summed E-state index contributed by atoms with van der Waals surface area (Å²) in [5.41, 5.74) is 0.585. The number of aromatic amines is 1. The number of piperidine rings is 1. The Hall–Kier alpha value is -1.60. The third-order valence-electron chi connectivity index (χ3n) is 4.74. The number of aliphatic hydroxyl groups is 1. The van der Waals surface area contributed by atoms with Crippen molar-refractivity contribution in [2.24, 2.45) is 0 Å². The first-order valence-corrected chi connectivity index (χ1v) is 8.02. The van der Waals surface area contributed by atoms with Gasteiger partial charge in [0.2, 0.25) is 0 Å². The quantitative estimate of drug-likeness (QED) is 0.765. The largest absolute Gasteiger partial charge is 0.390 e. The van der Waals surface area contributed by atoms with Crippen LogP contribution in [-0.4, -0.2) is 64.0 Å². The zero-order valence-corrected chi connectivity index (χ0v) is 12.8. The van der Waals surface area contributed by atoms with Crippen LogP contribution in [0.2, 0.25) is 0 Å². The van der Waals surface area contributed by atoms with Crippen LogP contribution in [0.5, 0.6) is 0 Å². The Bertz CT molecular complexity index is 483. The number of urea groups is 1. The molecular formula is C15H24N4O3. The monoisotopic (exact) mass is 308 g/mol. The normalized spacial score (nSPS) is 24.4. The highest BCUT2D eigenvalue weighted by atomic mass is 16.5. The van der Waals surface area contributed by atoms with Crippen molar-refractivity contribution in [3.63, 3.8) is 0 Å². The van der Waals surface area contributed by atoms with Gasteiger partial charge in [-0.15, -0.1) is 0 Å². The molecule has 0 unspecified atom stereocenters. The van der Waals surface area contributed by atoms with Gasteiger partial charge in [0.25, 0.3) is 0 Å². The van der Waals surface area contributed by atoms with E-state index < -0.39 is 11.7 Å². The van der Waals surface area contributed by atoms with Gasteiger partial charge in [0.1, 0.15) is 0 Å². The molecule has 1 aromatic rings. The van der Waals surface area contributed by atoms with Crippen molar-refractivity contribution >= 4 is 6.03 Å². The molecule has 2 aliphatic rings. The lowest BCUT2D eigenvalue weighted by molar-refractivity contribution is -0.173. The number of H-pyrrole nitrogens is 1. The van der Waals surface area contributed by atoms with Gasteiger partial charge in [-0.1, -0.05) is 0 Å². The molecule has 0 aromatic carbocycles. The number of imidazole rings is 1. The summed E-state index contributed by atoms with van der Waals surface area (Å²) < 4.78 is 5.86. The maximum Gasteiger partial charge on any atom is 0.317 e. The zero-order chi connectivity index (χ0) is 15.4. The fraction of sp³-hybridized carbons (Fsp3) is 0.733. The average molecular weight is 308 g/mol. The second kappa shape index (κ2) is 6.66. The molecule has 1 atom stereocenters. The van der Waals surface area contributed by atoms with E-state index in [4.69, 9.17) is 4.74 Å². The number of hydrogen-bond acceptors (Lipinski definition) is 4. The van der Waals surface area contributed by atoms with E-state index >= 15 is 0 Å². The van der Waals surface area contributed by atoms with Crippen LogP contribution in [-0.2, 0) is 11.2 Å². The number of carbonyl (C=O) groups excluding carboxylic acids is 1. The molecule has 122 valence electrons. The minimum absolute atomic E-state index is 0.0420. The summed E-state index contributed by atoms with van der Waals surface area (Å²) in [6.45, 7) is 2.56. The van der Waals surface area contributed by atoms with Gasteiger partial charge < -0.3 is 25.0 Å². The molecule has 1 spiro atoms. The summed E-state index contributed by atoms with van der Waals surface area (Å²) in [7, 11) is 0. The minimum atomic E-state index is -0.426. The van der Waals surface area contributed by atoms with Gasteiger partial charge in [0.15, 0.2) is 0 Å². The van der Waals surface area contributed by atoms with Crippen LogP contribution >= 0.6 is 0 Å². The number of ether oxygens (including phenoxy) is 1. The van der Waals surface area contributed by atoms with Crippen molar-refractivity contribution < 1.29 is 14.6 Å². The number of hydrogen-bond donors (Lipinski definition) is 3. The van der Waals surface area contributed by atoms with E-state index in [1.54, 1.807) is 12.5 Å². The van der Waals surface area contributed by atoms with E-state index in [0.29, 0.717) is 39.1 Å². The van der Waals surface area contributed by atoms with Crippen LogP contribution < -0.4 is 5.32 Å². The molecule has 2 fully saturated rings. The maximum atomic E-state index is 12.2. The molecule has 2 aliphatic heterocycles. The standard InChI is InChI=1S/C15H24N4O3/c20-13-2-1-9-22-15(13)4-7-19(8-5-15)14(21)17-6-3-12-10-16-11-18-12/h10-11,13,20H,1-9H2,(H,16,18)(H,17,21)/t13-/m0/s1. The fourth-order valence-electron chi connectivity index (χ4n) is 3.31. The van der Waals surface area contributed by atoms with Crippen LogP contribution in [0.1, 0.15) is 31.4 Å². The molecule has 1 aromatic heterocycles. The van der Waals surface area contributed by atoms with Crippen LogP contribution in [0, 0.1) is 0 Å². The van der Waals surface area contributed by atoms with E-state index in [1.807, 2.05) is 4.90 Å². The third kappa shape index (κ3) is 3.25. The lowest BCUT2D eigenvalue weighted by atomic mass is 9.82. The molecule has 0 radical (unpaired) electrons. The lowest BCUT2D eigenvalue weighted by Crippen LogP contribution is -2.57. The number of aromatic nitrogens is 2. The number of nitrogens with zero attached hydrogens (tertiary/aromatic N) is 2. The SMILES string of the molecule is O=C(NCCc1cnc[nH]1)N1CCC2(CC1)OCCC[C@@H]2O. The van der Waals surface area contributed by atoms with Gasteiger partial charge in [-0.3, -0.25) is 0 Å². The molecule has 0 bridgehead atoms.